The van der Waals surface area contributed by atoms with Crippen LogP contribution in [0.2, 0.25) is 0 Å². The molecule has 0 spiro atoms. The molecule has 128 valence electrons. The average molecular weight is 336 g/mol. The van der Waals surface area contributed by atoms with Gasteiger partial charge in [0.05, 0.1) is 10.1 Å². The standard InChI is InChI=1S/C19H29NO2S/c1-3-5-6-18(4-2)23(21,22)19-9-7-16(8-10-19)15-17-11-13-20-14-12-17/h4,7-10,17-18,20H,2-3,5-6,11-15H2,1H3. The first-order valence-corrected chi connectivity index (χ1v) is 10.3. The van der Waals surface area contributed by atoms with Gasteiger partial charge < -0.3 is 5.32 Å². The molecule has 1 heterocycles. The van der Waals surface area contributed by atoms with E-state index in [-0.39, 0.29) is 0 Å². The molecule has 0 aromatic heterocycles. The first-order chi connectivity index (χ1) is 11.1. The SMILES string of the molecule is C=CC(CCCC)S(=O)(=O)c1ccc(CC2CCNCC2)cc1. The monoisotopic (exact) mass is 335 g/mol. The normalized spacial score (nSPS) is 17.8. The fourth-order valence-corrected chi connectivity index (χ4v) is 4.81. The van der Waals surface area contributed by atoms with Crippen molar-refractivity contribution in [3.8, 4) is 0 Å². The van der Waals surface area contributed by atoms with Gasteiger partial charge >= 0.3 is 0 Å². The Morgan fingerprint density at radius 3 is 2.48 bits per heavy atom. The van der Waals surface area contributed by atoms with Crippen molar-refractivity contribution in [3.05, 3.63) is 42.5 Å². The van der Waals surface area contributed by atoms with Gasteiger partial charge in [-0.2, -0.15) is 0 Å². The van der Waals surface area contributed by atoms with E-state index in [1.807, 2.05) is 12.1 Å². The Hall–Kier alpha value is -1.13. The molecule has 2 rings (SSSR count). The summed E-state index contributed by atoms with van der Waals surface area (Å²) in [5.74, 6) is 0.712. The first kappa shape index (κ1) is 18.2. The van der Waals surface area contributed by atoms with Gasteiger partial charge in [-0.25, -0.2) is 8.42 Å². The summed E-state index contributed by atoms with van der Waals surface area (Å²) in [7, 11) is -3.30. The van der Waals surface area contributed by atoms with E-state index < -0.39 is 15.1 Å². The molecule has 1 N–H and O–H groups in total. The highest BCUT2D eigenvalue weighted by atomic mass is 32.2. The van der Waals surface area contributed by atoms with E-state index in [0.29, 0.717) is 17.2 Å². The molecule has 0 radical (unpaired) electrons. The molecule has 0 amide bonds. The number of unbranched alkanes of at least 4 members (excludes halogenated alkanes) is 1. The third-order valence-electron chi connectivity index (χ3n) is 4.74. The first-order valence-electron chi connectivity index (χ1n) is 8.74. The molecule has 1 aromatic carbocycles. The second-order valence-electron chi connectivity index (χ2n) is 6.50. The van der Waals surface area contributed by atoms with Gasteiger partial charge in [-0.1, -0.05) is 38.0 Å². The summed E-state index contributed by atoms with van der Waals surface area (Å²) in [5.41, 5.74) is 1.24. The third-order valence-corrected chi connectivity index (χ3v) is 6.89. The van der Waals surface area contributed by atoms with E-state index in [1.54, 1.807) is 18.2 Å². The van der Waals surface area contributed by atoms with E-state index in [4.69, 9.17) is 0 Å². The van der Waals surface area contributed by atoms with Crippen LogP contribution >= 0.6 is 0 Å². The quantitative estimate of drug-likeness (QED) is 0.736. The number of benzene rings is 1. The van der Waals surface area contributed by atoms with E-state index in [1.165, 1.54) is 18.4 Å². The zero-order valence-electron chi connectivity index (χ0n) is 14.1. The zero-order valence-corrected chi connectivity index (χ0v) is 14.9. The summed E-state index contributed by atoms with van der Waals surface area (Å²) in [6, 6.07) is 7.51. The van der Waals surface area contributed by atoms with E-state index >= 15 is 0 Å². The molecular formula is C19H29NO2S. The summed E-state index contributed by atoms with van der Waals surface area (Å²) < 4.78 is 25.4. The third kappa shape index (κ3) is 4.92. The van der Waals surface area contributed by atoms with Crippen molar-refractivity contribution < 1.29 is 8.42 Å². The van der Waals surface area contributed by atoms with Crippen LogP contribution in [-0.2, 0) is 16.3 Å². The van der Waals surface area contributed by atoms with Gasteiger partial charge in [0.1, 0.15) is 0 Å². The van der Waals surface area contributed by atoms with Gasteiger partial charge in [0.15, 0.2) is 9.84 Å². The lowest BCUT2D eigenvalue weighted by Crippen LogP contribution is -2.28. The van der Waals surface area contributed by atoms with Crippen LogP contribution in [0.25, 0.3) is 0 Å². The van der Waals surface area contributed by atoms with Crippen LogP contribution in [0.4, 0.5) is 0 Å². The van der Waals surface area contributed by atoms with Gasteiger partial charge in [0, 0.05) is 0 Å². The highest BCUT2D eigenvalue weighted by molar-refractivity contribution is 7.92. The van der Waals surface area contributed by atoms with Gasteiger partial charge in [0.2, 0.25) is 0 Å². The van der Waals surface area contributed by atoms with Crippen LogP contribution in [0.5, 0.6) is 0 Å². The number of hydrogen-bond donors (Lipinski definition) is 1. The summed E-state index contributed by atoms with van der Waals surface area (Å²) in [4.78, 5) is 0.424. The van der Waals surface area contributed by atoms with Crippen LogP contribution in [0.3, 0.4) is 0 Å². The highest BCUT2D eigenvalue weighted by Crippen LogP contribution is 2.23. The molecule has 0 saturated carbocycles. The Kier molecular flexibility index (Phi) is 6.85. The molecule has 1 saturated heterocycles. The van der Waals surface area contributed by atoms with Crippen LogP contribution in [0.1, 0.15) is 44.6 Å². The molecule has 0 aliphatic carbocycles. The second-order valence-corrected chi connectivity index (χ2v) is 8.67. The lowest BCUT2D eigenvalue weighted by Gasteiger charge is -2.22. The molecule has 3 nitrogen and oxygen atoms in total. The van der Waals surface area contributed by atoms with Crippen molar-refractivity contribution in [3.63, 3.8) is 0 Å². The van der Waals surface area contributed by atoms with Crippen molar-refractivity contribution in [2.75, 3.05) is 13.1 Å². The van der Waals surface area contributed by atoms with Crippen LogP contribution in [-0.4, -0.2) is 26.8 Å². The van der Waals surface area contributed by atoms with Crippen molar-refractivity contribution in [2.45, 2.75) is 55.6 Å². The van der Waals surface area contributed by atoms with Crippen molar-refractivity contribution in [2.24, 2.45) is 5.92 Å². The molecule has 0 bridgehead atoms. The maximum atomic E-state index is 12.7. The number of nitrogens with one attached hydrogen (secondary N) is 1. The van der Waals surface area contributed by atoms with Crippen LogP contribution in [0, 0.1) is 5.92 Å². The van der Waals surface area contributed by atoms with Crippen LogP contribution in [0.15, 0.2) is 41.8 Å². The fraction of sp³-hybridized carbons (Fsp3) is 0.579. The summed E-state index contributed by atoms with van der Waals surface area (Å²) >= 11 is 0. The molecule has 1 fully saturated rings. The molecule has 4 heteroatoms. The van der Waals surface area contributed by atoms with Gasteiger partial charge in [0.25, 0.3) is 0 Å². The van der Waals surface area contributed by atoms with Crippen molar-refractivity contribution >= 4 is 9.84 Å². The maximum absolute atomic E-state index is 12.7. The maximum Gasteiger partial charge on any atom is 0.184 e. The minimum Gasteiger partial charge on any atom is -0.317 e. The fourth-order valence-electron chi connectivity index (χ4n) is 3.21. The van der Waals surface area contributed by atoms with Gasteiger partial charge in [-0.3, -0.25) is 0 Å². The van der Waals surface area contributed by atoms with E-state index in [0.717, 1.165) is 32.4 Å². The Morgan fingerprint density at radius 2 is 1.91 bits per heavy atom. The molecule has 1 aliphatic rings. The molecule has 1 unspecified atom stereocenters. The summed E-state index contributed by atoms with van der Waals surface area (Å²) in [6.07, 6.45) is 7.58. The molecular weight excluding hydrogens is 306 g/mol. The minimum atomic E-state index is -3.30. The Balaban J connectivity index is 2.06. The molecule has 23 heavy (non-hydrogen) atoms. The minimum absolute atomic E-state index is 0.424. The Bertz CT molecular complexity index is 586. The predicted molar refractivity (Wildman–Crippen MR) is 96.4 cm³/mol. The number of rotatable bonds is 8. The zero-order chi connectivity index (χ0) is 16.7. The molecule has 1 aliphatic heterocycles. The Morgan fingerprint density at radius 1 is 1.26 bits per heavy atom. The second kappa shape index (κ2) is 8.65. The van der Waals surface area contributed by atoms with Crippen molar-refractivity contribution in [1.82, 2.24) is 5.32 Å². The highest BCUT2D eigenvalue weighted by Gasteiger charge is 2.24. The molecule has 1 aromatic rings. The van der Waals surface area contributed by atoms with Crippen LogP contribution < -0.4 is 5.32 Å². The summed E-state index contributed by atoms with van der Waals surface area (Å²) in [6.45, 7) is 7.97. The van der Waals surface area contributed by atoms with Gasteiger partial charge in [-0.05, 0) is 62.4 Å². The predicted octanol–water partition coefficient (Wildman–Crippen LogP) is 3.75. The number of piperidine rings is 1. The summed E-state index contributed by atoms with van der Waals surface area (Å²) in [5, 5.41) is 2.90. The molecule has 1 atom stereocenters. The smallest absolute Gasteiger partial charge is 0.184 e. The van der Waals surface area contributed by atoms with Gasteiger partial charge in [-0.15, -0.1) is 6.58 Å². The number of sulfone groups is 1. The number of hydrogen-bond acceptors (Lipinski definition) is 3. The lowest BCUT2D eigenvalue weighted by atomic mass is 9.91. The van der Waals surface area contributed by atoms with E-state index in [2.05, 4.69) is 18.8 Å². The van der Waals surface area contributed by atoms with Crippen molar-refractivity contribution in [1.29, 1.82) is 0 Å². The largest absolute Gasteiger partial charge is 0.317 e. The van der Waals surface area contributed by atoms with E-state index in [9.17, 15) is 8.42 Å². The average Bonchev–Trinajstić information content (AvgIpc) is 2.57. The Labute approximate surface area is 141 Å². The lowest BCUT2D eigenvalue weighted by molar-refractivity contribution is 0.372. The topological polar surface area (TPSA) is 46.2 Å².